The second kappa shape index (κ2) is 8.15. The lowest BCUT2D eigenvalue weighted by atomic mass is 10.3. The average Bonchev–Trinajstić information content (AvgIpc) is 2.67. The molecule has 0 amide bonds. The van der Waals surface area contributed by atoms with Gasteiger partial charge in [0.25, 0.3) is 0 Å². The van der Waals surface area contributed by atoms with Gasteiger partial charge in [-0.25, -0.2) is 27.5 Å². The molecule has 0 aliphatic carbocycles. The van der Waals surface area contributed by atoms with Crippen molar-refractivity contribution in [1.29, 1.82) is 0 Å². The van der Waals surface area contributed by atoms with Gasteiger partial charge in [0, 0.05) is 24.8 Å². The van der Waals surface area contributed by atoms with E-state index >= 15 is 0 Å². The number of hydrogen-bond acceptors (Lipinski definition) is 7. The topological polar surface area (TPSA) is 93.7 Å². The van der Waals surface area contributed by atoms with Crippen LogP contribution < -0.4 is 14.4 Å². The first-order valence-corrected chi connectivity index (χ1v) is 9.88. The van der Waals surface area contributed by atoms with Gasteiger partial charge >= 0.3 is 0 Å². The Kier molecular flexibility index (Phi) is 5.88. The lowest BCUT2D eigenvalue weighted by Crippen LogP contribution is -2.37. The van der Waals surface area contributed by atoms with E-state index in [9.17, 15) is 12.8 Å². The predicted molar refractivity (Wildman–Crippen MR) is 96.8 cm³/mol. The Morgan fingerprint density at radius 3 is 2.67 bits per heavy atom. The molecule has 2 aromatic rings. The van der Waals surface area contributed by atoms with E-state index in [1.165, 1.54) is 19.2 Å². The zero-order chi connectivity index (χ0) is 19.4. The summed E-state index contributed by atoms with van der Waals surface area (Å²) in [6.45, 7) is 4.39. The van der Waals surface area contributed by atoms with Crippen molar-refractivity contribution in [2.45, 2.75) is 18.4 Å². The molecule has 0 atom stereocenters. The van der Waals surface area contributed by atoms with Crippen LogP contribution in [-0.2, 0) is 21.3 Å². The summed E-state index contributed by atoms with van der Waals surface area (Å²) in [5, 5.41) is 0. The third-order valence-corrected chi connectivity index (χ3v) is 5.47. The van der Waals surface area contributed by atoms with Crippen LogP contribution in [0.5, 0.6) is 5.75 Å². The van der Waals surface area contributed by atoms with Crippen LogP contribution in [0, 0.1) is 12.7 Å². The summed E-state index contributed by atoms with van der Waals surface area (Å²) >= 11 is 0. The summed E-state index contributed by atoms with van der Waals surface area (Å²) in [6, 6.07) is 5.31. The second-order valence-electron chi connectivity index (χ2n) is 6.00. The standard InChI is InChI=1S/C17H21FN4O4S/c1-12-9-17(22-5-7-26-8-6-22)21-16(20-12)11-19-27(23,24)13-3-4-15(25-2)14(18)10-13/h3-4,9-10,19H,5-8,11H2,1-2H3. The van der Waals surface area contributed by atoms with Gasteiger partial charge in [-0.1, -0.05) is 0 Å². The minimum absolute atomic E-state index is 0.0221. The number of ether oxygens (including phenoxy) is 2. The number of rotatable bonds is 6. The molecular weight excluding hydrogens is 375 g/mol. The highest BCUT2D eigenvalue weighted by Gasteiger charge is 2.18. The summed E-state index contributed by atoms with van der Waals surface area (Å²) < 4.78 is 51.2. The fourth-order valence-electron chi connectivity index (χ4n) is 2.70. The number of morpholine rings is 1. The van der Waals surface area contributed by atoms with Gasteiger partial charge in [0.2, 0.25) is 10.0 Å². The van der Waals surface area contributed by atoms with E-state index in [4.69, 9.17) is 9.47 Å². The van der Waals surface area contributed by atoms with Crippen LogP contribution in [0.4, 0.5) is 10.2 Å². The molecule has 8 nitrogen and oxygen atoms in total. The highest BCUT2D eigenvalue weighted by atomic mass is 32.2. The third kappa shape index (κ3) is 4.71. The van der Waals surface area contributed by atoms with Gasteiger partial charge in [-0.05, 0) is 25.1 Å². The minimum Gasteiger partial charge on any atom is -0.494 e. The van der Waals surface area contributed by atoms with E-state index in [-0.39, 0.29) is 17.2 Å². The summed E-state index contributed by atoms with van der Waals surface area (Å²) in [6.07, 6.45) is 0. The van der Waals surface area contributed by atoms with E-state index in [2.05, 4.69) is 19.6 Å². The van der Waals surface area contributed by atoms with Crippen LogP contribution in [0.3, 0.4) is 0 Å². The molecular formula is C17H21FN4O4S. The number of hydrogen-bond donors (Lipinski definition) is 1. The first-order chi connectivity index (χ1) is 12.9. The van der Waals surface area contributed by atoms with Crippen molar-refractivity contribution in [3.8, 4) is 5.75 Å². The van der Waals surface area contributed by atoms with E-state index in [0.29, 0.717) is 32.1 Å². The van der Waals surface area contributed by atoms with Gasteiger partial charge in [0.05, 0.1) is 31.8 Å². The second-order valence-corrected chi connectivity index (χ2v) is 7.77. The van der Waals surface area contributed by atoms with Gasteiger partial charge in [-0.2, -0.15) is 0 Å². The SMILES string of the molecule is COc1ccc(S(=O)(=O)NCc2nc(C)cc(N3CCOCC3)n2)cc1F. The van der Waals surface area contributed by atoms with Crippen LogP contribution in [0.25, 0.3) is 0 Å². The maximum Gasteiger partial charge on any atom is 0.241 e. The van der Waals surface area contributed by atoms with E-state index < -0.39 is 15.8 Å². The molecule has 0 bridgehead atoms. The molecule has 1 aliphatic heterocycles. The predicted octanol–water partition coefficient (Wildman–Crippen LogP) is 1.25. The number of aromatic nitrogens is 2. The Bertz CT molecular complexity index is 917. The Balaban J connectivity index is 1.75. The van der Waals surface area contributed by atoms with Gasteiger partial charge in [-0.15, -0.1) is 0 Å². The molecule has 0 spiro atoms. The van der Waals surface area contributed by atoms with Crippen molar-refractivity contribution in [2.24, 2.45) is 0 Å². The zero-order valence-electron chi connectivity index (χ0n) is 15.1. The molecule has 3 rings (SSSR count). The Morgan fingerprint density at radius 2 is 2.00 bits per heavy atom. The number of benzene rings is 1. The maximum absolute atomic E-state index is 13.8. The number of aryl methyl sites for hydroxylation is 1. The molecule has 1 N–H and O–H groups in total. The van der Waals surface area contributed by atoms with Crippen molar-refractivity contribution in [2.75, 3.05) is 38.3 Å². The summed E-state index contributed by atoms with van der Waals surface area (Å²) in [5.74, 6) is 0.303. The summed E-state index contributed by atoms with van der Waals surface area (Å²) in [4.78, 5) is 10.6. The molecule has 0 saturated carbocycles. The van der Waals surface area contributed by atoms with E-state index in [1.807, 2.05) is 13.0 Å². The lowest BCUT2D eigenvalue weighted by molar-refractivity contribution is 0.122. The number of nitrogens with zero attached hydrogens (tertiary/aromatic N) is 3. The lowest BCUT2D eigenvalue weighted by Gasteiger charge is -2.28. The maximum atomic E-state index is 13.8. The van der Waals surface area contributed by atoms with Crippen molar-refractivity contribution in [3.05, 3.63) is 41.6 Å². The quantitative estimate of drug-likeness (QED) is 0.785. The molecule has 0 unspecified atom stereocenters. The van der Waals surface area contributed by atoms with E-state index in [1.54, 1.807) is 0 Å². The van der Waals surface area contributed by atoms with Crippen LogP contribution in [0.2, 0.25) is 0 Å². The largest absolute Gasteiger partial charge is 0.494 e. The molecule has 2 heterocycles. The average molecular weight is 396 g/mol. The molecule has 1 aliphatic rings. The van der Waals surface area contributed by atoms with Crippen molar-refractivity contribution in [1.82, 2.24) is 14.7 Å². The summed E-state index contributed by atoms with van der Waals surface area (Å²) in [7, 11) is -2.60. The Hall–Kier alpha value is -2.30. The Morgan fingerprint density at radius 1 is 1.26 bits per heavy atom. The molecule has 146 valence electrons. The van der Waals surface area contributed by atoms with Gasteiger partial charge in [0.15, 0.2) is 11.6 Å². The molecule has 1 aromatic carbocycles. The molecule has 1 aromatic heterocycles. The third-order valence-electron chi connectivity index (χ3n) is 4.08. The van der Waals surface area contributed by atoms with Crippen LogP contribution in [-0.4, -0.2) is 51.8 Å². The smallest absolute Gasteiger partial charge is 0.241 e. The monoisotopic (exact) mass is 396 g/mol. The number of methoxy groups -OCH3 is 1. The van der Waals surface area contributed by atoms with Crippen LogP contribution in [0.1, 0.15) is 11.5 Å². The van der Waals surface area contributed by atoms with E-state index in [0.717, 1.165) is 17.6 Å². The number of sulfonamides is 1. The molecule has 10 heteroatoms. The first-order valence-electron chi connectivity index (χ1n) is 8.39. The van der Waals surface area contributed by atoms with Crippen LogP contribution >= 0.6 is 0 Å². The number of halogens is 1. The van der Waals surface area contributed by atoms with Crippen LogP contribution in [0.15, 0.2) is 29.2 Å². The van der Waals surface area contributed by atoms with Gasteiger partial charge in [-0.3, -0.25) is 0 Å². The normalized spacial score (nSPS) is 15.0. The molecule has 0 radical (unpaired) electrons. The van der Waals surface area contributed by atoms with Crippen molar-refractivity contribution >= 4 is 15.8 Å². The summed E-state index contributed by atoms with van der Waals surface area (Å²) in [5.41, 5.74) is 0.733. The zero-order valence-corrected chi connectivity index (χ0v) is 15.9. The van der Waals surface area contributed by atoms with Crippen molar-refractivity contribution in [3.63, 3.8) is 0 Å². The molecule has 27 heavy (non-hydrogen) atoms. The van der Waals surface area contributed by atoms with Crippen molar-refractivity contribution < 1.29 is 22.3 Å². The Labute approximate surface area is 157 Å². The number of nitrogens with one attached hydrogen (secondary N) is 1. The molecule has 1 saturated heterocycles. The molecule has 1 fully saturated rings. The highest BCUT2D eigenvalue weighted by molar-refractivity contribution is 7.89. The minimum atomic E-state index is -3.92. The number of anilines is 1. The van der Waals surface area contributed by atoms with Gasteiger partial charge in [0.1, 0.15) is 11.6 Å². The fraction of sp³-hybridized carbons (Fsp3) is 0.412. The fourth-order valence-corrected chi connectivity index (χ4v) is 3.69. The van der Waals surface area contributed by atoms with Gasteiger partial charge < -0.3 is 14.4 Å². The first kappa shape index (κ1) is 19.5. The highest BCUT2D eigenvalue weighted by Crippen LogP contribution is 2.21.